The number of rotatable bonds is 3. The summed E-state index contributed by atoms with van der Waals surface area (Å²) < 4.78 is 0. The molecule has 2 N–H and O–H groups in total. The van der Waals surface area contributed by atoms with Crippen LogP contribution in [0, 0.1) is 24.2 Å². The van der Waals surface area contributed by atoms with Crippen LogP contribution in [0.3, 0.4) is 0 Å². The molecule has 96 valence electrons. The molecule has 18 heavy (non-hydrogen) atoms. The lowest BCUT2D eigenvalue weighted by molar-refractivity contribution is -0.140. The maximum atomic E-state index is 12.1. The van der Waals surface area contributed by atoms with Crippen molar-refractivity contribution in [2.75, 3.05) is 5.32 Å². The van der Waals surface area contributed by atoms with Gasteiger partial charge in [0.1, 0.15) is 0 Å². The van der Waals surface area contributed by atoms with Crippen molar-refractivity contribution >= 4 is 17.6 Å². The molecule has 0 bridgehead atoms. The third kappa shape index (κ3) is 1.98. The molecule has 1 saturated carbocycles. The number of carboxylic acids is 1. The summed E-state index contributed by atoms with van der Waals surface area (Å²) in [6.45, 7) is 5.53. The summed E-state index contributed by atoms with van der Waals surface area (Å²) in [4.78, 5) is 23.1. The fourth-order valence-corrected chi connectivity index (χ4v) is 2.51. The molecule has 2 atom stereocenters. The van der Waals surface area contributed by atoms with Gasteiger partial charge in [-0.05, 0) is 24.0 Å². The Labute approximate surface area is 106 Å². The van der Waals surface area contributed by atoms with Crippen molar-refractivity contribution in [3.8, 4) is 0 Å². The SMILES string of the molecule is Cc1ccccc1NC(=O)C1C(C(=O)O)C1(C)C. The molecule has 1 aromatic rings. The number of para-hydroxylation sites is 1. The number of benzene rings is 1. The number of nitrogens with one attached hydrogen (secondary N) is 1. The second-order valence-electron chi connectivity index (χ2n) is 5.42. The molecular formula is C14H17NO3. The Balaban J connectivity index is 2.11. The molecular weight excluding hydrogens is 230 g/mol. The van der Waals surface area contributed by atoms with E-state index in [0.29, 0.717) is 0 Å². The second-order valence-corrected chi connectivity index (χ2v) is 5.42. The lowest BCUT2D eigenvalue weighted by Gasteiger charge is -2.08. The highest BCUT2D eigenvalue weighted by atomic mass is 16.4. The molecule has 2 rings (SSSR count). The third-order valence-electron chi connectivity index (χ3n) is 3.78. The van der Waals surface area contributed by atoms with Gasteiger partial charge in [-0.25, -0.2) is 0 Å². The standard InChI is InChI=1S/C14H17NO3/c1-8-6-4-5-7-9(8)15-12(16)10-11(13(17)18)14(10,2)3/h4-7,10-11H,1-3H3,(H,15,16)(H,17,18). The minimum Gasteiger partial charge on any atom is -0.481 e. The van der Waals surface area contributed by atoms with E-state index in [-0.39, 0.29) is 5.91 Å². The van der Waals surface area contributed by atoms with Crippen molar-refractivity contribution < 1.29 is 14.7 Å². The van der Waals surface area contributed by atoms with E-state index in [1.807, 2.05) is 45.0 Å². The number of carbonyl (C=O) groups is 2. The molecule has 0 spiro atoms. The van der Waals surface area contributed by atoms with E-state index in [1.54, 1.807) is 0 Å². The van der Waals surface area contributed by atoms with Gasteiger partial charge in [-0.1, -0.05) is 32.0 Å². The normalized spacial score (nSPS) is 24.4. The van der Waals surface area contributed by atoms with Gasteiger partial charge in [0.2, 0.25) is 5.91 Å². The van der Waals surface area contributed by atoms with E-state index in [0.717, 1.165) is 11.3 Å². The molecule has 0 saturated heterocycles. The van der Waals surface area contributed by atoms with Crippen LogP contribution < -0.4 is 5.32 Å². The van der Waals surface area contributed by atoms with E-state index in [2.05, 4.69) is 5.32 Å². The average Bonchev–Trinajstić information content (AvgIpc) is 2.85. The quantitative estimate of drug-likeness (QED) is 0.861. The van der Waals surface area contributed by atoms with E-state index < -0.39 is 23.2 Å². The predicted octanol–water partition coefficient (Wildman–Crippen LogP) is 2.29. The van der Waals surface area contributed by atoms with Crippen LogP contribution in [0.1, 0.15) is 19.4 Å². The Morgan fingerprint density at radius 2 is 1.83 bits per heavy atom. The molecule has 0 radical (unpaired) electrons. The van der Waals surface area contributed by atoms with E-state index in [1.165, 1.54) is 0 Å². The maximum Gasteiger partial charge on any atom is 0.307 e. The molecule has 0 heterocycles. The van der Waals surface area contributed by atoms with E-state index >= 15 is 0 Å². The topological polar surface area (TPSA) is 66.4 Å². The van der Waals surface area contributed by atoms with Crippen molar-refractivity contribution in [1.82, 2.24) is 0 Å². The molecule has 2 unspecified atom stereocenters. The molecule has 0 aliphatic heterocycles. The van der Waals surface area contributed by atoms with Crippen molar-refractivity contribution in [3.05, 3.63) is 29.8 Å². The fourth-order valence-electron chi connectivity index (χ4n) is 2.51. The second kappa shape index (κ2) is 4.12. The molecule has 4 heteroatoms. The van der Waals surface area contributed by atoms with Gasteiger partial charge in [0.25, 0.3) is 0 Å². The van der Waals surface area contributed by atoms with Crippen LogP contribution in [0.25, 0.3) is 0 Å². The number of aliphatic carboxylic acids is 1. The first kappa shape index (κ1) is 12.6. The predicted molar refractivity (Wildman–Crippen MR) is 68.2 cm³/mol. The van der Waals surface area contributed by atoms with Gasteiger partial charge < -0.3 is 10.4 Å². The summed E-state index contributed by atoms with van der Waals surface area (Å²) in [5.41, 5.74) is 1.25. The van der Waals surface area contributed by atoms with Crippen LogP contribution in [0.2, 0.25) is 0 Å². The Hall–Kier alpha value is -1.84. The van der Waals surface area contributed by atoms with Crippen LogP contribution in [-0.2, 0) is 9.59 Å². The maximum absolute atomic E-state index is 12.1. The zero-order chi connectivity index (χ0) is 13.5. The fraction of sp³-hybridized carbons (Fsp3) is 0.429. The first-order valence-corrected chi connectivity index (χ1v) is 5.95. The largest absolute Gasteiger partial charge is 0.481 e. The first-order chi connectivity index (χ1) is 8.35. The number of anilines is 1. The molecule has 1 amide bonds. The number of hydrogen-bond donors (Lipinski definition) is 2. The van der Waals surface area contributed by atoms with E-state index in [4.69, 9.17) is 5.11 Å². The highest BCUT2D eigenvalue weighted by Gasteiger charge is 2.65. The summed E-state index contributed by atoms with van der Waals surface area (Å²) in [5, 5.41) is 11.9. The Morgan fingerprint density at radius 1 is 1.22 bits per heavy atom. The van der Waals surface area contributed by atoms with Gasteiger partial charge in [-0.2, -0.15) is 0 Å². The lowest BCUT2D eigenvalue weighted by Crippen LogP contribution is -2.18. The van der Waals surface area contributed by atoms with Gasteiger partial charge in [-0.15, -0.1) is 0 Å². The summed E-state index contributed by atoms with van der Waals surface area (Å²) >= 11 is 0. The summed E-state index contributed by atoms with van der Waals surface area (Å²) in [6, 6.07) is 7.46. The summed E-state index contributed by atoms with van der Waals surface area (Å²) in [7, 11) is 0. The van der Waals surface area contributed by atoms with Crippen LogP contribution in [0.15, 0.2) is 24.3 Å². The number of hydrogen-bond acceptors (Lipinski definition) is 2. The number of carboxylic acid groups (broad SMARTS) is 1. The number of carbonyl (C=O) groups excluding carboxylic acids is 1. The molecule has 4 nitrogen and oxygen atoms in total. The van der Waals surface area contributed by atoms with Crippen LogP contribution >= 0.6 is 0 Å². The minimum atomic E-state index is -0.898. The molecule has 1 aliphatic rings. The Morgan fingerprint density at radius 3 is 2.33 bits per heavy atom. The summed E-state index contributed by atoms with van der Waals surface area (Å²) in [5.74, 6) is -2.14. The van der Waals surface area contributed by atoms with Gasteiger partial charge in [0.15, 0.2) is 0 Å². The molecule has 0 aromatic heterocycles. The van der Waals surface area contributed by atoms with Gasteiger partial charge in [0, 0.05) is 5.69 Å². The highest BCUT2D eigenvalue weighted by molar-refractivity contribution is 6.00. The lowest BCUT2D eigenvalue weighted by atomic mass is 10.1. The molecule has 1 aliphatic carbocycles. The van der Waals surface area contributed by atoms with E-state index in [9.17, 15) is 9.59 Å². The van der Waals surface area contributed by atoms with Gasteiger partial charge in [0.05, 0.1) is 11.8 Å². The number of amides is 1. The zero-order valence-electron chi connectivity index (χ0n) is 10.7. The minimum absolute atomic E-state index is 0.207. The van der Waals surface area contributed by atoms with Crippen molar-refractivity contribution in [2.24, 2.45) is 17.3 Å². The average molecular weight is 247 g/mol. The van der Waals surface area contributed by atoms with Crippen LogP contribution in [0.5, 0.6) is 0 Å². The van der Waals surface area contributed by atoms with Crippen molar-refractivity contribution in [1.29, 1.82) is 0 Å². The monoisotopic (exact) mass is 247 g/mol. The van der Waals surface area contributed by atoms with Crippen molar-refractivity contribution in [3.63, 3.8) is 0 Å². The smallest absolute Gasteiger partial charge is 0.307 e. The molecule has 1 aromatic carbocycles. The highest BCUT2D eigenvalue weighted by Crippen LogP contribution is 2.58. The Kier molecular flexibility index (Phi) is 2.89. The number of aryl methyl sites for hydroxylation is 1. The Bertz CT molecular complexity index is 508. The zero-order valence-corrected chi connectivity index (χ0v) is 10.7. The summed E-state index contributed by atoms with van der Waals surface area (Å²) in [6.07, 6.45) is 0. The van der Waals surface area contributed by atoms with Gasteiger partial charge >= 0.3 is 5.97 Å². The third-order valence-corrected chi connectivity index (χ3v) is 3.78. The van der Waals surface area contributed by atoms with Crippen LogP contribution in [0.4, 0.5) is 5.69 Å². The van der Waals surface area contributed by atoms with Crippen molar-refractivity contribution in [2.45, 2.75) is 20.8 Å². The van der Waals surface area contributed by atoms with Gasteiger partial charge in [-0.3, -0.25) is 9.59 Å². The molecule has 1 fully saturated rings. The van der Waals surface area contributed by atoms with Crippen LogP contribution in [-0.4, -0.2) is 17.0 Å². The first-order valence-electron chi connectivity index (χ1n) is 5.95.